The number of aromatic nitrogens is 2. The predicted octanol–water partition coefficient (Wildman–Crippen LogP) is 3.53. The minimum absolute atomic E-state index is 0.0142. The minimum atomic E-state index is -4.71. The molecule has 4 aromatic rings. The molecule has 0 radical (unpaired) electrons. The molecule has 5 N–H and O–H groups in total. The first-order chi connectivity index (χ1) is 20.0. The van der Waals surface area contributed by atoms with Crippen LogP contribution in [0.2, 0.25) is 0 Å². The minimum Gasteiger partial charge on any atom is -0.494 e. The average Bonchev–Trinajstić information content (AvgIpc) is 3.41. The van der Waals surface area contributed by atoms with E-state index < -0.39 is 48.2 Å². The molecule has 0 unspecified atom stereocenters. The molecule has 2 amide bonds. The highest BCUT2D eigenvalue weighted by molar-refractivity contribution is 5.99. The monoisotopic (exact) mass is 589 g/mol. The Morgan fingerprint density at radius 3 is 2.43 bits per heavy atom. The second kappa shape index (κ2) is 12.5. The van der Waals surface area contributed by atoms with E-state index in [1.54, 1.807) is 6.92 Å². The van der Waals surface area contributed by atoms with E-state index in [4.69, 9.17) is 14.9 Å². The van der Waals surface area contributed by atoms with Gasteiger partial charge in [0.25, 0.3) is 5.91 Å². The normalized spacial score (nSPS) is 13.0. The summed E-state index contributed by atoms with van der Waals surface area (Å²) >= 11 is 0. The number of aliphatic hydroxyl groups excluding tert-OH is 1. The van der Waals surface area contributed by atoms with E-state index >= 15 is 0 Å². The van der Waals surface area contributed by atoms with Crippen LogP contribution in [0.25, 0.3) is 22.4 Å². The molecule has 222 valence electrons. The van der Waals surface area contributed by atoms with Crippen LogP contribution in [-0.4, -0.2) is 53.2 Å². The number of amides is 2. The van der Waals surface area contributed by atoms with Crippen molar-refractivity contribution in [1.29, 1.82) is 0 Å². The summed E-state index contributed by atoms with van der Waals surface area (Å²) < 4.78 is 64.4. The van der Waals surface area contributed by atoms with E-state index in [-0.39, 0.29) is 52.5 Å². The fourth-order valence-corrected chi connectivity index (χ4v) is 4.23. The molecule has 2 aromatic heterocycles. The van der Waals surface area contributed by atoms with Crippen molar-refractivity contribution in [1.82, 2.24) is 20.6 Å². The van der Waals surface area contributed by atoms with Crippen LogP contribution in [0, 0.1) is 5.82 Å². The quantitative estimate of drug-likeness (QED) is 0.205. The molecule has 0 bridgehead atoms. The Morgan fingerprint density at radius 1 is 1.10 bits per heavy atom. The van der Waals surface area contributed by atoms with Crippen LogP contribution >= 0.6 is 0 Å². The summed E-state index contributed by atoms with van der Waals surface area (Å²) in [5.74, 6) is -2.20. The summed E-state index contributed by atoms with van der Waals surface area (Å²) in [5.41, 5.74) is 5.12. The molecule has 0 aliphatic carbocycles. The first kappa shape index (κ1) is 30.4. The van der Waals surface area contributed by atoms with Gasteiger partial charge in [-0.3, -0.25) is 9.59 Å². The van der Waals surface area contributed by atoms with Gasteiger partial charge in [-0.15, -0.1) is 0 Å². The lowest BCUT2D eigenvalue weighted by molar-refractivity contribution is -0.141. The number of halogens is 4. The number of aliphatic hydroxyl groups is 1. The van der Waals surface area contributed by atoms with Gasteiger partial charge in [-0.05, 0) is 48.9 Å². The van der Waals surface area contributed by atoms with E-state index in [9.17, 15) is 32.3 Å². The van der Waals surface area contributed by atoms with E-state index in [1.807, 2.05) is 0 Å². The van der Waals surface area contributed by atoms with Crippen molar-refractivity contribution < 1.29 is 41.4 Å². The number of hydrogen-bond donors (Lipinski definition) is 4. The Balaban J connectivity index is 1.76. The molecular weight excluding hydrogens is 562 g/mol. The molecular formula is C28H27F4N5O5. The third-order valence-electron chi connectivity index (χ3n) is 6.29. The van der Waals surface area contributed by atoms with Gasteiger partial charge < -0.3 is 30.6 Å². The van der Waals surface area contributed by atoms with Crippen molar-refractivity contribution in [2.24, 2.45) is 5.73 Å². The molecule has 2 heterocycles. The highest BCUT2D eigenvalue weighted by Crippen LogP contribution is 2.37. The molecule has 0 saturated heterocycles. The van der Waals surface area contributed by atoms with E-state index in [0.717, 1.165) is 6.07 Å². The van der Waals surface area contributed by atoms with Gasteiger partial charge in [-0.2, -0.15) is 13.2 Å². The van der Waals surface area contributed by atoms with Crippen molar-refractivity contribution in [3.05, 3.63) is 77.1 Å². The molecule has 10 nitrogen and oxygen atoms in total. The number of likely N-dealkylation sites (N-methyl/N-ethyl adjacent to an activating group) is 1. The second-order valence-corrected chi connectivity index (χ2v) is 9.18. The van der Waals surface area contributed by atoms with Crippen molar-refractivity contribution in [2.45, 2.75) is 31.6 Å². The van der Waals surface area contributed by atoms with Crippen molar-refractivity contribution in [2.75, 3.05) is 20.3 Å². The summed E-state index contributed by atoms with van der Waals surface area (Å²) in [6.07, 6.45) is -4.70. The zero-order valence-electron chi connectivity index (χ0n) is 22.5. The maximum Gasteiger partial charge on any atom is 0.433 e. The summed E-state index contributed by atoms with van der Waals surface area (Å²) in [5, 5.41) is 15.1. The molecule has 2 atom stereocenters. The molecule has 2 aromatic carbocycles. The standard InChI is InChI=1S/C28H27F4N5O5/c1-3-34-25(39)19(12-14-4-6-15(29)7-5-14)35-26(40)23-24(18(33)13-38)42-27(37-23)17-8-10-20(41-2)22-16(17)9-11-21(36-22)28(30,31)32/h4-11,18-19,38H,3,12-13,33H2,1-2H3,(H,34,39)(H,35,40)/t18-,19-/m0/s1. The number of pyridine rings is 1. The highest BCUT2D eigenvalue weighted by atomic mass is 19.4. The van der Waals surface area contributed by atoms with Crippen LogP contribution in [0.1, 0.15) is 40.5 Å². The Hall–Kier alpha value is -4.56. The first-order valence-corrected chi connectivity index (χ1v) is 12.7. The number of oxazole rings is 1. The number of nitrogens with zero attached hydrogens (tertiary/aromatic N) is 2. The van der Waals surface area contributed by atoms with Crippen LogP contribution in [-0.2, 0) is 17.4 Å². The molecule has 0 aliphatic heterocycles. The summed E-state index contributed by atoms with van der Waals surface area (Å²) in [4.78, 5) is 34.2. The molecule has 0 aliphatic rings. The van der Waals surface area contributed by atoms with Crippen LogP contribution in [0.15, 0.2) is 52.9 Å². The molecule has 0 saturated carbocycles. The highest BCUT2D eigenvalue weighted by Gasteiger charge is 2.34. The van der Waals surface area contributed by atoms with Gasteiger partial charge in [0.15, 0.2) is 11.5 Å². The summed E-state index contributed by atoms with van der Waals surface area (Å²) in [6, 6.07) is 7.88. The van der Waals surface area contributed by atoms with Crippen LogP contribution < -0.4 is 21.1 Å². The maximum absolute atomic E-state index is 13.4. The number of hydrogen-bond acceptors (Lipinski definition) is 8. The zero-order valence-corrected chi connectivity index (χ0v) is 22.5. The summed E-state index contributed by atoms with van der Waals surface area (Å²) in [6.45, 7) is 1.34. The van der Waals surface area contributed by atoms with Crippen molar-refractivity contribution in [3.8, 4) is 17.2 Å². The van der Waals surface area contributed by atoms with Gasteiger partial charge in [0, 0.05) is 23.9 Å². The average molecular weight is 590 g/mol. The maximum atomic E-state index is 13.4. The van der Waals surface area contributed by atoms with E-state index in [2.05, 4.69) is 20.6 Å². The van der Waals surface area contributed by atoms with Crippen molar-refractivity contribution in [3.63, 3.8) is 0 Å². The number of nitrogens with two attached hydrogens (primary N) is 1. The number of fused-ring (bicyclic) bond motifs is 1. The Labute approximate surface area is 236 Å². The predicted molar refractivity (Wildman–Crippen MR) is 143 cm³/mol. The van der Waals surface area contributed by atoms with Gasteiger partial charge in [0.05, 0.1) is 19.8 Å². The van der Waals surface area contributed by atoms with Crippen molar-refractivity contribution >= 4 is 22.7 Å². The van der Waals surface area contributed by atoms with E-state index in [1.165, 1.54) is 49.6 Å². The molecule has 14 heteroatoms. The van der Waals surface area contributed by atoms with Crippen LogP contribution in [0.3, 0.4) is 0 Å². The largest absolute Gasteiger partial charge is 0.494 e. The van der Waals surface area contributed by atoms with E-state index in [0.29, 0.717) is 5.56 Å². The number of carbonyl (C=O) groups is 2. The number of alkyl halides is 3. The molecule has 0 fully saturated rings. The lowest BCUT2D eigenvalue weighted by Crippen LogP contribution is -2.48. The van der Waals surface area contributed by atoms with Gasteiger partial charge in [-0.25, -0.2) is 14.4 Å². The number of methoxy groups -OCH3 is 1. The molecule has 42 heavy (non-hydrogen) atoms. The van der Waals surface area contributed by atoms with Gasteiger partial charge in [-0.1, -0.05) is 12.1 Å². The Morgan fingerprint density at radius 2 is 1.81 bits per heavy atom. The Bertz CT molecular complexity index is 1590. The summed E-state index contributed by atoms with van der Waals surface area (Å²) in [7, 11) is 1.28. The fraction of sp³-hybridized carbons (Fsp3) is 0.286. The number of nitrogens with one attached hydrogen (secondary N) is 2. The third-order valence-corrected chi connectivity index (χ3v) is 6.29. The van der Waals surface area contributed by atoms with Gasteiger partial charge in [0.2, 0.25) is 11.8 Å². The smallest absolute Gasteiger partial charge is 0.433 e. The number of ether oxygens (including phenoxy) is 1. The lowest BCUT2D eigenvalue weighted by atomic mass is 10.0. The van der Waals surface area contributed by atoms with Gasteiger partial charge in [0.1, 0.15) is 28.8 Å². The zero-order chi connectivity index (χ0) is 30.6. The number of carbonyl (C=O) groups excluding carboxylic acids is 2. The van der Waals surface area contributed by atoms with Gasteiger partial charge >= 0.3 is 6.18 Å². The lowest BCUT2D eigenvalue weighted by Gasteiger charge is -2.18. The topological polar surface area (TPSA) is 153 Å². The third kappa shape index (κ3) is 6.50. The van der Waals surface area contributed by atoms with Crippen LogP contribution in [0.5, 0.6) is 5.75 Å². The SMILES string of the molecule is CCNC(=O)[C@H](Cc1ccc(F)cc1)NC(=O)c1nc(-c2ccc(OC)c3nc(C(F)(F)F)ccc23)oc1[C@@H](N)CO. The fourth-order valence-electron chi connectivity index (χ4n) is 4.23. The number of rotatable bonds is 10. The molecule has 4 rings (SSSR count). The Kier molecular flexibility index (Phi) is 9.07. The second-order valence-electron chi connectivity index (χ2n) is 9.18. The van der Waals surface area contributed by atoms with Crippen LogP contribution in [0.4, 0.5) is 17.6 Å². The number of benzene rings is 2. The molecule has 0 spiro atoms. The first-order valence-electron chi connectivity index (χ1n) is 12.7.